The SMILES string of the molecule is COC1C(O)C(C)OC(OC2CCC3(C)C(=CCC4C3C(=O)C3OC(C)C5CC(=O)C4(O)C35C)C2)C1O. The fourth-order valence-corrected chi connectivity index (χ4v) is 9.12. The molecule has 4 aliphatic carbocycles. The van der Waals surface area contributed by atoms with Gasteiger partial charge in [-0.3, -0.25) is 9.59 Å². The Balaban J connectivity index is 1.27. The van der Waals surface area contributed by atoms with Gasteiger partial charge in [0.05, 0.1) is 18.3 Å². The summed E-state index contributed by atoms with van der Waals surface area (Å²) < 4.78 is 23.5. The molecule has 2 aliphatic heterocycles. The molecular weight excluding hydrogens is 480 g/mol. The minimum absolute atomic E-state index is 0.0190. The van der Waals surface area contributed by atoms with Crippen molar-refractivity contribution < 1.29 is 43.9 Å². The van der Waals surface area contributed by atoms with Gasteiger partial charge in [-0.15, -0.1) is 0 Å². The first-order valence-electron chi connectivity index (χ1n) is 13.7. The molecule has 9 heteroatoms. The predicted octanol–water partition coefficient (Wildman–Crippen LogP) is 1.30. The summed E-state index contributed by atoms with van der Waals surface area (Å²) in [4.78, 5) is 27.5. The molecule has 0 aromatic rings. The second kappa shape index (κ2) is 8.40. The Labute approximate surface area is 217 Å². The molecule has 14 atom stereocenters. The second-order valence-corrected chi connectivity index (χ2v) is 12.8. The summed E-state index contributed by atoms with van der Waals surface area (Å²) >= 11 is 0. The topological polar surface area (TPSA) is 132 Å². The minimum Gasteiger partial charge on any atom is -0.388 e. The molecule has 0 radical (unpaired) electrons. The van der Waals surface area contributed by atoms with E-state index in [0.717, 1.165) is 5.57 Å². The second-order valence-electron chi connectivity index (χ2n) is 12.8. The summed E-state index contributed by atoms with van der Waals surface area (Å²) in [5.74, 6) is -1.25. The van der Waals surface area contributed by atoms with Crippen molar-refractivity contribution in [3.05, 3.63) is 11.6 Å². The van der Waals surface area contributed by atoms with Gasteiger partial charge in [-0.05, 0) is 44.9 Å². The Morgan fingerprint density at radius 2 is 1.76 bits per heavy atom. The summed E-state index contributed by atoms with van der Waals surface area (Å²) in [6.07, 6.45) is -1.04. The van der Waals surface area contributed by atoms with Gasteiger partial charge in [0.1, 0.15) is 30.0 Å². The van der Waals surface area contributed by atoms with Crippen LogP contribution in [0.4, 0.5) is 0 Å². The van der Waals surface area contributed by atoms with E-state index < -0.39 is 65.1 Å². The zero-order chi connectivity index (χ0) is 26.7. The quantitative estimate of drug-likeness (QED) is 0.471. The van der Waals surface area contributed by atoms with Crippen LogP contribution in [0.15, 0.2) is 11.6 Å². The molecule has 37 heavy (non-hydrogen) atoms. The number of allylic oxidation sites excluding steroid dienone is 1. The molecule has 14 unspecified atom stereocenters. The van der Waals surface area contributed by atoms with Crippen LogP contribution in [0.1, 0.15) is 59.8 Å². The molecule has 0 spiro atoms. The van der Waals surface area contributed by atoms with Crippen LogP contribution in [0.2, 0.25) is 0 Å². The lowest BCUT2D eigenvalue weighted by atomic mass is 9.45. The Bertz CT molecular complexity index is 1030. The number of Topliss-reactive ketones (excluding diaryl/α,β-unsaturated/α-hetero) is 2. The summed E-state index contributed by atoms with van der Waals surface area (Å²) in [5, 5.41) is 33.1. The molecular formula is C28H40O9. The van der Waals surface area contributed by atoms with Crippen LogP contribution in [-0.2, 0) is 28.5 Å². The van der Waals surface area contributed by atoms with Gasteiger partial charge in [0.15, 0.2) is 17.9 Å². The molecule has 0 bridgehead atoms. The van der Waals surface area contributed by atoms with Crippen LogP contribution < -0.4 is 0 Å². The number of ether oxygens (including phenoxy) is 4. The zero-order valence-electron chi connectivity index (χ0n) is 22.3. The van der Waals surface area contributed by atoms with E-state index in [1.165, 1.54) is 7.11 Å². The van der Waals surface area contributed by atoms with Crippen LogP contribution in [0.5, 0.6) is 0 Å². The summed E-state index contributed by atoms with van der Waals surface area (Å²) in [6, 6.07) is 0. The average Bonchev–Trinajstić information content (AvgIpc) is 3.24. The van der Waals surface area contributed by atoms with Crippen molar-refractivity contribution in [3.63, 3.8) is 0 Å². The largest absolute Gasteiger partial charge is 0.388 e. The van der Waals surface area contributed by atoms with Crippen molar-refractivity contribution in [2.75, 3.05) is 7.11 Å². The molecule has 3 saturated carbocycles. The molecule has 3 N–H and O–H groups in total. The zero-order valence-corrected chi connectivity index (χ0v) is 22.3. The van der Waals surface area contributed by atoms with Gasteiger partial charge in [-0.25, -0.2) is 0 Å². The first-order valence-corrected chi connectivity index (χ1v) is 13.7. The first kappa shape index (κ1) is 26.0. The van der Waals surface area contributed by atoms with Crippen LogP contribution in [0.25, 0.3) is 0 Å². The van der Waals surface area contributed by atoms with Crippen molar-refractivity contribution >= 4 is 11.6 Å². The number of rotatable bonds is 3. The normalized spacial score (nSPS) is 57.0. The van der Waals surface area contributed by atoms with Gasteiger partial charge in [0.2, 0.25) is 0 Å². The lowest BCUT2D eigenvalue weighted by molar-refractivity contribution is -0.309. The number of hydrogen-bond donors (Lipinski definition) is 3. The van der Waals surface area contributed by atoms with E-state index in [4.69, 9.17) is 18.9 Å². The highest BCUT2D eigenvalue weighted by molar-refractivity contribution is 5.99. The number of ketones is 2. The maximum absolute atomic E-state index is 14.1. The molecule has 2 heterocycles. The predicted molar refractivity (Wildman–Crippen MR) is 129 cm³/mol. The number of fused-ring (bicyclic) bond motifs is 4. The van der Waals surface area contributed by atoms with Crippen LogP contribution in [0, 0.1) is 28.6 Å². The van der Waals surface area contributed by atoms with Gasteiger partial charge in [-0.1, -0.05) is 25.5 Å². The Hall–Kier alpha value is -1.20. The highest BCUT2D eigenvalue weighted by Crippen LogP contribution is 2.69. The molecule has 0 aromatic carbocycles. The first-order chi connectivity index (χ1) is 17.4. The highest BCUT2D eigenvalue weighted by atomic mass is 16.7. The average molecular weight is 521 g/mol. The number of hydrogen-bond acceptors (Lipinski definition) is 9. The third kappa shape index (κ3) is 3.16. The number of aliphatic hydroxyl groups is 3. The van der Waals surface area contributed by atoms with Gasteiger partial charge < -0.3 is 34.3 Å². The molecule has 6 aliphatic rings. The van der Waals surface area contributed by atoms with Crippen molar-refractivity contribution in [3.8, 4) is 0 Å². The minimum atomic E-state index is -1.57. The van der Waals surface area contributed by atoms with E-state index in [2.05, 4.69) is 13.0 Å². The molecule has 0 amide bonds. The van der Waals surface area contributed by atoms with Gasteiger partial charge in [0, 0.05) is 36.7 Å². The molecule has 206 valence electrons. The van der Waals surface area contributed by atoms with E-state index in [9.17, 15) is 24.9 Å². The maximum Gasteiger partial charge on any atom is 0.186 e. The molecule has 9 nitrogen and oxygen atoms in total. The Morgan fingerprint density at radius 1 is 1.03 bits per heavy atom. The summed E-state index contributed by atoms with van der Waals surface area (Å²) in [6.45, 7) is 7.59. The van der Waals surface area contributed by atoms with Crippen LogP contribution in [0.3, 0.4) is 0 Å². The lowest BCUT2D eigenvalue weighted by Crippen LogP contribution is -2.70. The molecule has 0 aromatic heterocycles. The van der Waals surface area contributed by atoms with E-state index in [-0.39, 0.29) is 36.1 Å². The molecule has 6 rings (SSSR count). The lowest BCUT2D eigenvalue weighted by Gasteiger charge is -2.59. The fourth-order valence-electron chi connectivity index (χ4n) is 9.12. The van der Waals surface area contributed by atoms with Crippen molar-refractivity contribution in [2.24, 2.45) is 28.6 Å². The summed E-state index contributed by atoms with van der Waals surface area (Å²) in [7, 11) is 1.44. The summed E-state index contributed by atoms with van der Waals surface area (Å²) in [5.41, 5.74) is -1.90. The number of methoxy groups -OCH3 is 1. The Morgan fingerprint density at radius 3 is 2.46 bits per heavy atom. The third-order valence-electron chi connectivity index (χ3n) is 11.2. The smallest absolute Gasteiger partial charge is 0.186 e. The van der Waals surface area contributed by atoms with E-state index in [0.29, 0.717) is 25.7 Å². The van der Waals surface area contributed by atoms with E-state index in [1.807, 2.05) is 13.8 Å². The van der Waals surface area contributed by atoms with Gasteiger partial charge >= 0.3 is 0 Å². The molecule has 5 fully saturated rings. The van der Waals surface area contributed by atoms with Crippen molar-refractivity contribution in [2.45, 2.75) is 114 Å². The van der Waals surface area contributed by atoms with Crippen molar-refractivity contribution in [1.29, 1.82) is 0 Å². The van der Waals surface area contributed by atoms with Crippen LogP contribution >= 0.6 is 0 Å². The number of carbonyl (C=O) groups is 2. The van der Waals surface area contributed by atoms with Gasteiger partial charge in [0.25, 0.3) is 0 Å². The number of carbonyl (C=O) groups excluding carboxylic acids is 2. The third-order valence-corrected chi connectivity index (χ3v) is 11.2. The van der Waals surface area contributed by atoms with Crippen LogP contribution in [-0.4, -0.2) is 88.6 Å². The van der Waals surface area contributed by atoms with Gasteiger partial charge in [-0.2, -0.15) is 0 Å². The highest BCUT2D eigenvalue weighted by Gasteiger charge is 2.79. The Kier molecular flexibility index (Phi) is 5.91. The number of aliphatic hydroxyl groups excluding tert-OH is 2. The fraction of sp³-hybridized carbons (Fsp3) is 0.857. The maximum atomic E-state index is 14.1. The van der Waals surface area contributed by atoms with E-state index in [1.54, 1.807) is 6.92 Å². The molecule has 2 saturated heterocycles. The van der Waals surface area contributed by atoms with Crippen molar-refractivity contribution in [1.82, 2.24) is 0 Å². The standard InChI is InChI=1S/C28H40O9/c1-12-17-11-18(29)28(33)16-7-6-14-10-15(37-25-22(32)23(34-5)20(30)13(2)36-25)8-9-26(14,3)19(16)21(31)24(35-12)27(17,28)4/h6,12-13,15-17,19-20,22-25,30,32-33H,7-11H2,1-5H3. The monoisotopic (exact) mass is 520 g/mol. The van der Waals surface area contributed by atoms with E-state index >= 15 is 0 Å².